The molecule has 0 aliphatic rings. The lowest BCUT2D eigenvalue weighted by Crippen LogP contribution is -2.10. The van der Waals surface area contributed by atoms with Gasteiger partial charge in [-0.05, 0) is 6.07 Å². The van der Waals surface area contributed by atoms with Gasteiger partial charge < -0.3 is 0 Å². The van der Waals surface area contributed by atoms with Gasteiger partial charge in [-0.3, -0.25) is 10.2 Å². The van der Waals surface area contributed by atoms with Gasteiger partial charge in [0.1, 0.15) is 16.5 Å². The number of hydrogen-bond acceptors (Lipinski definition) is 4. The van der Waals surface area contributed by atoms with Gasteiger partial charge in [0.25, 0.3) is 5.56 Å². The van der Waals surface area contributed by atoms with Crippen LogP contribution in [0.4, 0.5) is 10.1 Å². The molecule has 7 heteroatoms. The van der Waals surface area contributed by atoms with Crippen molar-refractivity contribution in [3.63, 3.8) is 0 Å². The zero-order valence-electron chi connectivity index (χ0n) is 9.02. The average molecular weight is 267 g/mol. The number of aromatic amines is 1. The number of hydrazone groups is 1. The minimum atomic E-state index is -0.525. The van der Waals surface area contributed by atoms with E-state index < -0.39 is 11.4 Å². The standard InChI is InChI=1S/C11H8ClFN4O/c12-10-9(6-15-17-11(10)18)16-14-5-7-3-1-2-4-8(7)13/h1-6H,(H2,16,17,18)/b14-5+. The van der Waals surface area contributed by atoms with Crippen LogP contribution in [0.1, 0.15) is 5.56 Å². The van der Waals surface area contributed by atoms with Crippen LogP contribution in [0.5, 0.6) is 0 Å². The molecule has 0 spiro atoms. The molecule has 0 aliphatic heterocycles. The summed E-state index contributed by atoms with van der Waals surface area (Å²) >= 11 is 5.71. The third kappa shape index (κ3) is 2.72. The van der Waals surface area contributed by atoms with Crippen molar-refractivity contribution in [2.45, 2.75) is 0 Å². The Hall–Kier alpha value is -2.21. The lowest BCUT2D eigenvalue weighted by Gasteiger charge is -2.00. The topological polar surface area (TPSA) is 70.1 Å². The Balaban J connectivity index is 2.15. The van der Waals surface area contributed by atoms with Crippen LogP contribution in [-0.2, 0) is 0 Å². The minimum absolute atomic E-state index is 0.0596. The fraction of sp³-hybridized carbons (Fsp3) is 0. The second-order valence-electron chi connectivity index (χ2n) is 3.32. The van der Waals surface area contributed by atoms with Crippen LogP contribution in [0, 0.1) is 5.82 Å². The third-order valence-electron chi connectivity index (χ3n) is 2.09. The fourth-order valence-electron chi connectivity index (χ4n) is 1.21. The summed E-state index contributed by atoms with van der Waals surface area (Å²) in [5.74, 6) is -0.391. The highest BCUT2D eigenvalue weighted by Gasteiger charge is 2.03. The summed E-state index contributed by atoms with van der Waals surface area (Å²) < 4.78 is 13.2. The summed E-state index contributed by atoms with van der Waals surface area (Å²) in [4.78, 5) is 11.1. The number of nitrogens with zero attached hydrogens (tertiary/aromatic N) is 2. The molecule has 5 nitrogen and oxygen atoms in total. The SMILES string of the molecule is O=c1[nH]ncc(N/N=C/c2ccccc2F)c1Cl. The van der Waals surface area contributed by atoms with Crippen molar-refractivity contribution in [3.05, 3.63) is 57.2 Å². The molecule has 0 fully saturated rings. The van der Waals surface area contributed by atoms with E-state index in [1.165, 1.54) is 18.5 Å². The Bertz CT molecular complexity index is 641. The highest BCUT2D eigenvalue weighted by atomic mass is 35.5. The van der Waals surface area contributed by atoms with Gasteiger partial charge in [-0.1, -0.05) is 29.8 Å². The van der Waals surface area contributed by atoms with E-state index >= 15 is 0 Å². The summed E-state index contributed by atoms with van der Waals surface area (Å²) in [6, 6.07) is 6.16. The molecule has 0 saturated carbocycles. The predicted octanol–water partition coefficient (Wildman–Crippen LogP) is 2.01. The van der Waals surface area contributed by atoms with Gasteiger partial charge in [-0.2, -0.15) is 10.2 Å². The Labute approximate surface area is 106 Å². The molecule has 0 bridgehead atoms. The van der Waals surface area contributed by atoms with Gasteiger partial charge in [0.05, 0.1) is 12.4 Å². The van der Waals surface area contributed by atoms with Crippen LogP contribution in [-0.4, -0.2) is 16.4 Å². The number of hydrogen-bond donors (Lipinski definition) is 2. The average Bonchev–Trinajstić information content (AvgIpc) is 2.37. The third-order valence-corrected chi connectivity index (χ3v) is 2.46. The van der Waals surface area contributed by atoms with E-state index in [9.17, 15) is 9.18 Å². The van der Waals surface area contributed by atoms with Crippen molar-refractivity contribution in [1.82, 2.24) is 10.2 Å². The van der Waals surface area contributed by atoms with E-state index in [0.29, 0.717) is 5.56 Å². The van der Waals surface area contributed by atoms with Gasteiger partial charge in [0, 0.05) is 5.56 Å². The molecule has 1 aromatic carbocycles. The summed E-state index contributed by atoms with van der Waals surface area (Å²) in [6.07, 6.45) is 2.59. The number of anilines is 1. The Kier molecular flexibility index (Phi) is 3.69. The smallest absolute Gasteiger partial charge is 0.275 e. The Morgan fingerprint density at radius 3 is 3.00 bits per heavy atom. The van der Waals surface area contributed by atoms with Crippen molar-refractivity contribution < 1.29 is 4.39 Å². The van der Waals surface area contributed by atoms with E-state index in [1.807, 2.05) is 0 Å². The van der Waals surface area contributed by atoms with Gasteiger partial charge in [-0.15, -0.1) is 0 Å². The molecule has 1 aromatic heterocycles. The molecule has 2 N–H and O–H groups in total. The van der Waals surface area contributed by atoms with E-state index in [2.05, 4.69) is 20.7 Å². The molecule has 92 valence electrons. The maximum Gasteiger partial charge on any atom is 0.285 e. The second-order valence-corrected chi connectivity index (χ2v) is 3.70. The monoisotopic (exact) mass is 266 g/mol. The van der Waals surface area contributed by atoms with Crippen LogP contribution < -0.4 is 11.0 Å². The lowest BCUT2D eigenvalue weighted by molar-refractivity contribution is 0.626. The van der Waals surface area contributed by atoms with Crippen LogP contribution in [0.25, 0.3) is 0 Å². The number of halogens is 2. The van der Waals surface area contributed by atoms with E-state index in [0.717, 1.165) is 0 Å². The van der Waals surface area contributed by atoms with E-state index in [-0.39, 0.29) is 10.7 Å². The van der Waals surface area contributed by atoms with E-state index in [1.54, 1.807) is 18.2 Å². The Morgan fingerprint density at radius 2 is 2.22 bits per heavy atom. The summed E-state index contributed by atoms with van der Waals surface area (Å²) in [6.45, 7) is 0. The molecule has 1 heterocycles. The first kappa shape index (κ1) is 12.3. The van der Waals surface area contributed by atoms with Crippen molar-refractivity contribution in [2.75, 3.05) is 5.43 Å². The molecular weight excluding hydrogens is 259 g/mol. The largest absolute Gasteiger partial charge is 0.285 e. The number of H-pyrrole nitrogens is 1. The maximum atomic E-state index is 13.2. The molecule has 0 radical (unpaired) electrons. The maximum absolute atomic E-state index is 13.2. The highest BCUT2D eigenvalue weighted by Crippen LogP contribution is 2.14. The van der Waals surface area contributed by atoms with Crippen LogP contribution in [0.3, 0.4) is 0 Å². The molecule has 0 amide bonds. The van der Waals surface area contributed by atoms with Gasteiger partial charge in [0.2, 0.25) is 0 Å². The first-order valence-electron chi connectivity index (χ1n) is 4.95. The number of nitrogens with one attached hydrogen (secondary N) is 2. The Morgan fingerprint density at radius 1 is 1.44 bits per heavy atom. The quantitative estimate of drug-likeness (QED) is 0.659. The number of aromatic nitrogens is 2. The molecule has 0 saturated heterocycles. The molecule has 2 aromatic rings. The number of rotatable bonds is 3. The van der Waals surface area contributed by atoms with Gasteiger partial charge in [0.15, 0.2) is 0 Å². The summed E-state index contributed by atoms with van der Waals surface area (Å²) in [5.41, 5.74) is 2.55. The first-order valence-corrected chi connectivity index (χ1v) is 5.33. The molecule has 2 rings (SSSR count). The lowest BCUT2D eigenvalue weighted by atomic mass is 10.2. The van der Waals surface area contributed by atoms with Crippen molar-refractivity contribution in [3.8, 4) is 0 Å². The van der Waals surface area contributed by atoms with Crippen LogP contribution in [0.2, 0.25) is 5.02 Å². The minimum Gasteiger partial charge on any atom is -0.275 e. The molecule has 0 aliphatic carbocycles. The summed E-state index contributed by atoms with van der Waals surface area (Å²) in [5, 5.41) is 9.45. The zero-order valence-corrected chi connectivity index (χ0v) is 9.78. The molecule has 18 heavy (non-hydrogen) atoms. The normalized spacial score (nSPS) is 10.8. The van der Waals surface area contributed by atoms with Gasteiger partial charge in [-0.25, -0.2) is 9.49 Å². The van der Waals surface area contributed by atoms with Gasteiger partial charge >= 0.3 is 0 Å². The highest BCUT2D eigenvalue weighted by molar-refractivity contribution is 6.32. The van der Waals surface area contributed by atoms with E-state index in [4.69, 9.17) is 11.6 Å². The second kappa shape index (κ2) is 5.42. The van der Waals surface area contributed by atoms with Crippen molar-refractivity contribution >= 4 is 23.5 Å². The number of benzene rings is 1. The van der Waals surface area contributed by atoms with Crippen LogP contribution in [0.15, 0.2) is 40.4 Å². The van der Waals surface area contributed by atoms with Crippen molar-refractivity contribution in [1.29, 1.82) is 0 Å². The zero-order chi connectivity index (χ0) is 13.0. The predicted molar refractivity (Wildman–Crippen MR) is 67.5 cm³/mol. The fourth-order valence-corrected chi connectivity index (χ4v) is 1.35. The van der Waals surface area contributed by atoms with Crippen molar-refractivity contribution in [2.24, 2.45) is 5.10 Å². The molecule has 0 unspecified atom stereocenters. The van der Waals surface area contributed by atoms with Crippen LogP contribution >= 0.6 is 11.6 Å². The molecule has 0 atom stereocenters. The first-order chi connectivity index (χ1) is 8.68. The molecular formula is C11H8ClFN4O. The summed E-state index contributed by atoms with van der Waals surface area (Å²) in [7, 11) is 0.